The van der Waals surface area contributed by atoms with E-state index < -0.39 is 83.2 Å². The molecule has 1 aliphatic heterocycles. The highest BCUT2D eigenvalue weighted by Gasteiger charge is 2.48. The van der Waals surface area contributed by atoms with Crippen molar-refractivity contribution in [3.63, 3.8) is 0 Å². The van der Waals surface area contributed by atoms with Gasteiger partial charge in [0.1, 0.15) is 12.1 Å². The quantitative estimate of drug-likeness (QED) is 0.232. The smallest absolute Gasteiger partial charge is 0.363 e. The molecule has 0 spiro atoms. The van der Waals surface area contributed by atoms with Crippen LogP contribution in [0.25, 0.3) is 0 Å². The number of nitrogens with one attached hydrogen (secondary N) is 3. The molecule has 1 saturated carbocycles. The largest absolute Gasteiger partial charge is 0.471 e. The maximum atomic E-state index is 14.2. The van der Waals surface area contributed by atoms with E-state index in [2.05, 4.69) is 16.0 Å². The Labute approximate surface area is 275 Å². The van der Waals surface area contributed by atoms with E-state index >= 15 is 0 Å². The second-order valence-corrected chi connectivity index (χ2v) is 15.5. The van der Waals surface area contributed by atoms with Gasteiger partial charge in [0.15, 0.2) is 0 Å². The Hall–Kier alpha value is -3.39. The molecule has 47 heavy (non-hydrogen) atoms. The van der Waals surface area contributed by atoms with Gasteiger partial charge in [0.05, 0.1) is 12.1 Å². The first-order valence-electron chi connectivity index (χ1n) is 16.2. The molecule has 6 amide bonds. The van der Waals surface area contributed by atoms with Crippen molar-refractivity contribution in [1.29, 1.82) is 0 Å². The number of amides is 6. The first-order chi connectivity index (χ1) is 21.4. The highest BCUT2D eigenvalue weighted by atomic mass is 19.4. The molecule has 1 unspecified atom stereocenters. The Bertz CT molecular complexity index is 1190. The Balaban J connectivity index is 2.32. The lowest BCUT2D eigenvalue weighted by Crippen LogP contribution is -2.62. The van der Waals surface area contributed by atoms with Gasteiger partial charge in [-0.3, -0.25) is 24.0 Å². The lowest BCUT2D eigenvalue weighted by molar-refractivity contribution is -0.184. The summed E-state index contributed by atoms with van der Waals surface area (Å²) in [7, 11) is 0.993. The zero-order chi connectivity index (χ0) is 36.2. The van der Waals surface area contributed by atoms with Crippen LogP contribution in [0, 0.1) is 28.6 Å². The number of halogens is 3. The van der Waals surface area contributed by atoms with Crippen molar-refractivity contribution in [2.45, 2.75) is 118 Å². The predicted molar refractivity (Wildman–Crippen MR) is 168 cm³/mol. The van der Waals surface area contributed by atoms with Crippen molar-refractivity contribution in [2.24, 2.45) is 34.3 Å². The third-order valence-corrected chi connectivity index (χ3v) is 9.31. The molecule has 5 N–H and O–H groups in total. The molecule has 2 fully saturated rings. The molecule has 268 valence electrons. The van der Waals surface area contributed by atoms with E-state index in [4.69, 9.17) is 5.73 Å². The molecule has 2 rings (SSSR count). The van der Waals surface area contributed by atoms with Gasteiger partial charge in [-0.2, -0.15) is 13.2 Å². The molecule has 0 aromatic carbocycles. The summed E-state index contributed by atoms with van der Waals surface area (Å²) in [6.07, 6.45) is -1.61. The molecule has 0 radical (unpaired) electrons. The summed E-state index contributed by atoms with van der Waals surface area (Å²) in [5, 5.41) is 8.03. The Morgan fingerprint density at radius 3 is 1.89 bits per heavy atom. The average Bonchev–Trinajstić information content (AvgIpc) is 3.35. The Morgan fingerprint density at radius 2 is 1.47 bits per heavy atom. The second kappa shape index (κ2) is 15.2. The van der Waals surface area contributed by atoms with Crippen LogP contribution in [0.2, 0.25) is 0 Å². The summed E-state index contributed by atoms with van der Waals surface area (Å²) in [6, 6.07) is -5.04. The molecule has 5 atom stereocenters. The fraction of sp³-hybridized carbons (Fsp3) is 0.812. The van der Waals surface area contributed by atoms with Crippen LogP contribution in [0.3, 0.4) is 0 Å². The van der Waals surface area contributed by atoms with Crippen molar-refractivity contribution in [3.05, 3.63) is 0 Å². The highest BCUT2D eigenvalue weighted by Crippen LogP contribution is 2.35. The molecule has 0 bridgehead atoms. The lowest BCUT2D eigenvalue weighted by atomic mass is 9.80. The molecule has 0 aromatic rings. The van der Waals surface area contributed by atoms with E-state index in [9.17, 15) is 41.9 Å². The summed E-state index contributed by atoms with van der Waals surface area (Å²) in [4.78, 5) is 79.5. The van der Waals surface area contributed by atoms with E-state index in [1.165, 1.54) is 4.90 Å². The summed E-state index contributed by atoms with van der Waals surface area (Å²) >= 11 is 0. The van der Waals surface area contributed by atoms with Crippen molar-refractivity contribution < 1.29 is 41.9 Å². The van der Waals surface area contributed by atoms with Crippen LogP contribution in [0.1, 0.15) is 87.5 Å². The number of primary amides is 1. The van der Waals surface area contributed by atoms with Crippen LogP contribution in [0.5, 0.6) is 0 Å². The van der Waals surface area contributed by atoms with E-state index in [0.29, 0.717) is 11.3 Å². The molecular formula is C32H53F3N6O6. The zero-order valence-electron chi connectivity index (χ0n) is 29.0. The number of alkyl halides is 3. The number of carbonyl (C=O) groups is 6. The van der Waals surface area contributed by atoms with Gasteiger partial charge in [-0.15, -0.1) is 0 Å². The average molecular weight is 675 g/mol. The summed E-state index contributed by atoms with van der Waals surface area (Å²) in [5.41, 5.74) is 3.64. The summed E-state index contributed by atoms with van der Waals surface area (Å²) in [5.74, 6) is -5.39. The number of likely N-dealkylation sites (N-methyl/N-ethyl adjacent to an activating group) is 1. The first-order valence-corrected chi connectivity index (χ1v) is 16.2. The lowest BCUT2D eigenvalue weighted by Gasteiger charge is -2.38. The van der Waals surface area contributed by atoms with Gasteiger partial charge in [0, 0.05) is 20.1 Å². The molecule has 12 nitrogen and oxygen atoms in total. The monoisotopic (exact) mass is 674 g/mol. The van der Waals surface area contributed by atoms with Crippen molar-refractivity contribution in [3.8, 4) is 0 Å². The molecule has 1 heterocycles. The maximum absolute atomic E-state index is 14.2. The number of rotatable bonds is 12. The third-order valence-electron chi connectivity index (χ3n) is 9.31. The van der Waals surface area contributed by atoms with Crippen LogP contribution in [-0.2, 0) is 24.0 Å². The van der Waals surface area contributed by atoms with E-state index in [-0.39, 0.29) is 30.7 Å². The normalized spacial score (nSPS) is 20.9. The fourth-order valence-corrected chi connectivity index (χ4v) is 6.07. The van der Waals surface area contributed by atoms with Gasteiger partial charge in [-0.1, -0.05) is 74.7 Å². The van der Waals surface area contributed by atoms with Crippen LogP contribution >= 0.6 is 0 Å². The van der Waals surface area contributed by atoms with Gasteiger partial charge in [-0.25, -0.2) is 4.79 Å². The topological polar surface area (TPSA) is 171 Å². The van der Waals surface area contributed by atoms with Gasteiger partial charge < -0.3 is 31.5 Å². The fourth-order valence-electron chi connectivity index (χ4n) is 6.07. The number of hydrogen-bond donors (Lipinski definition) is 4. The molecule has 1 saturated heterocycles. The van der Waals surface area contributed by atoms with Crippen LogP contribution in [0.15, 0.2) is 0 Å². The number of ketones is 1. The number of Topliss-reactive ketones (excluding diaryl/α,β-unsaturated/α-hetero) is 1. The number of urea groups is 1. The Kier molecular flexibility index (Phi) is 12.9. The second-order valence-electron chi connectivity index (χ2n) is 15.5. The van der Waals surface area contributed by atoms with E-state index in [0.717, 1.165) is 26.3 Å². The van der Waals surface area contributed by atoms with Gasteiger partial charge >= 0.3 is 18.1 Å². The number of nitrogens with zero attached hydrogens (tertiary/aromatic N) is 2. The molecule has 2 aliphatic rings. The van der Waals surface area contributed by atoms with Crippen molar-refractivity contribution in [2.75, 3.05) is 20.1 Å². The maximum Gasteiger partial charge on any atom is 0.471 e. The Morgan fingerprint density at radius 1 is 0.894 bits per heavy atom. The van der Waals surface area contributed by atoms with Crippen molar-refractivity contribution in [1.82, 2.24) is 25.8 Å². The number of carbonyl (C=O) groups excluding carboxylic acids is 6. The minimum absolute atomic E-state index is 0.0336. The third kappa shape index (κ3) is 10.6. The van der Waals surface area contributed by atoms with Gasteiger partial charge in [-0.05, 0) is 41.4 Å². The minimum atomic E-state index is -5.08. The van der Waals surface area contributed by atoms with E-state index in [1.54, 1.807) is 41.5 Å². The summed E-state index contributed by atoms with van der Waals surface area (Å²) < 4.78 is 39.1. The standard InChI is InChI=1S/C32H53F3N6O6/c1-17(2)19-13-14-41(22(19)26(44)37-20(23(42)25(36)43)15-18-11-10-12-18)27(45)24(31(6,7)8)39-29(47)38-21(30(3,4)5)16-40(9)28(46)32(33,34)35/h17-22,24H,10-16H2,1-9H3,(H2,36,43)(H,37,44)(H2,38,39,47)/t19-,20?,21-,22+,24-/m1/s1. The number of likely N-dealkylation sites (tertiary alicyclic amines) is 1. The highest BCUT2D eigenvalue weighted by molar-refractivity contribution is 6.37. The van der Waals surface area contributed by atoms with Crippen molar-refractivity contribution >= 4 is 35.4 Å². The minimum Gasteiger partial charge on any atom is -0.363 e. The SMILES string of the molecule is CC(C)[C@H]1CCN(C(=O)[C@@H](NC(=O)N[C@H](CN(C)C(=O)C(F)(F)F)C(C)(C)C)C(C)(C)C)[C@@H]1C(=O)NC(CC1CCC1)C(=O)C(N)=O. The molecule has 15 heteroatoms. The predicted octanol–water partition coefficient (Wildman–Crippen LogP) is 2.74. The number of nitrogens with two attached hydrogens (primary N) is 1. The first kappa shape index (κ1) is 39.8. The zero-order valence-corrected chi connectivity index (χ0v) is 29.0. The molecule has 1 aliphatic carbocycles. The van der Waals surface area contributed by atoms with Crippen LogP contribution in [-0.4, -0.2) is 95.7 Å². The summed E-state index contributed by atoms with van der Waals surface area (Å²) in [6.45, 7) is 13.8. The van der Waals surface area contributed by atoms with Gasteiger partial charge in [0.2, 0.25) is 17.6 Å². The van der Waals surface area contributed by atoms with E-state index in [1.807, 2.05) is 13.8 Å². The van der Waals surface area contributed by atoms with Crippen LogP contribution in [0.4, 0.5) is 18.0 Å². The van der Waals surface area contributed by atoms with Crippen LogP contribution < -0.4 is 21.7 Å². The number of hydrogen-bond acceptors (Lipinski definition) is 6. The van der Waals surface area contributed by atoms with Gasteiger partial charge in [0.25, 0.3) is 5.91 Å². The molecular weight excluding hydrogens is 621 g/mol. The molecule has 0 aromatic heterocycles.